The van der Waals surface area contributed by atoms with Gasteiger partial charge in [0.2, 0.25) is 0 Å². The average molecular weight is 384 g/mol. The first-order chi connectivity index (χ1) is 11.8. The first-order valence-electron chi connectivity index (χ1n) is 10.0. The van der Waals surface area contributed by atoms with Crippen LogP contribution in [0.4, 0.5) is 0 Å². The summed E-state index contributed by atoms with van der Waals surface area (Å²) in [6.45, 7) is 13.7. The Hall–Kier alpha value is -0.470. The van der Waals surface area contributed by atoms with E-state index in [1.165, 1.54) is 36.0 Å². The van der Waals surface area contributed by atoms with E-state index in [4.69, 9.17) is 14.7 Å². The summed E-state index contributed by atoms with van der Waals surface area (Å²) < 4.78 is 0. The summed E-state index contributed by atoms with van der Waals surface area (Å²) in [5.74, 6) is 0. The molecule has 0 unspecified atom stereocenters. The molecule has 0 fully saturated rings. The largest absolute Gasteiger partial charge is 0.403 e. The smallest absolute Gasteiger partial charge is 0.193 e. The second-order valence-electron chi connectivity index (χ2n) is 9.66. The fourth-order valence-electron chi connectivity index (χ4n) is 3.31. The predicted molar refractivity (Wildman–Crippen MR) is 114 cm³/mol. The molecular weight excluding hydrogens is 343 g/mol. The Morgan fingerprint density at radius 3 is 1.77 bits per heavy atom. The van der Waals surface area contributed by atoms with Crippen LogP contribution in [0.5, 0.6) is 0 Å². The van der Waals surface area contributed by atoms with Crippen molar-refractivity contribution in [3.8, 4) is 0 Å². The van der Waals surface area contributed by atoms with Crippen molar-refractivity contribution in [1.82, 2.24) is 0 Å². The van der Waals surface area contributed by atoms with Gasteiger partial charge in [0.15, 0.2) is 0 Å². The van der Waals surface area contributed by atoms with Crippen LogP contribution in [-0.2, 0) is 17.3 Å². The number of hydrogen-bond acceptors (Lipinski definition) is 3. The van der Waals surface area contributed by atoms with Crippen LogP contribution in [0, 0.1) is 0 Å². The van der Waals surface area contributed by atoms with Crippen molar-refractivity contribution in [3.63, 3.8) is 0 Å². The highest BCUT2D eigenvalue weighted by Gasteiger charge is 2.27. The van der Waals surface area contributed by atoms with Crippen LogP contribution < -0.4 is 0 Å². The van der Waals surface area contributed by atoms with Crippen LogP contribution in [0.3, 0.4) is 0 Å². The van der Waals surface area contributed by atoms with Gasteiger partial charge in [-0.3, -0.25) is 0 Å². The van der Waals surface area contributed by atoms with Crippen LogP contribution in [0.1, 0.15) is 96.8 Å². The zero-order valence-electron chi connectivity index (χ0n) is 17.7. The standard InChI is InChI=1S/C22H40O3P/c1-21(2,3)19-15-14-18(20(17-19)22(4,5)6)13-11-9-7-8-10-12-16-26(23,24)25/h14-15,17,23-25H,7-13,16H2,1-6H3/q+1. The second kappa shape index (κ2) is 9.64. The van der Waals surface area contributed by atoms with Crippen molar-refractivity contribution >= 4 is 7.94 Å². The van der Waals surface area contributed by atoms with E-state index < -0.39 is 7.94 Å². The van der Waals surface area contributed by atoms with Crippen molar-refractivity contribution in [3.05, 3.63) is 34.9 Å². The maximum Gasteiger partial charge on any atom is 0.403 e. The molecule has 0 aliphatic rings. The van der Waals surface area contributed by atoms with Crippen LogP contribution in [0.2, 0.25) is 0 Å². The summed E-state index contributed by atoms with van der Waals surface area (Å²) in [7, 11) is -3.55. The molecular formula is C22H40O3P+. The highest BCUT2D eigenvalue weighted by atomic mass is 31.2. The lowest BCUT2D eigenvalue weighted by Gasteiger charge is -2.27. The monoisotopic (exact) mass is 383 g/mol. The third-order valence-corrected chi connectivity index (χ3v) is 5.85. The van der Waals surface area contributed by atoms with E-state index in [0.29, 0.717) is 6.42 Å². The van der Waals surface area contributed by atoms with Gasteiger partial charge in [-0.1, -0.05) is 79.0 Å². The Balaban J connectivity index is 2.50. The van der Waals surface area contributed by atoms with Gasteiger partial charge >= 0.3 is 7.94 Å². The molecule has 0 bridgehead atoms. The van der Waals surface area contributed by atoms with E-state index in [-0.39, 0.29) is 17.0 Å². The quantitative estimate of drug-likeness (QED) is 0.367. The number of hydrogen-bond donors (Lipinski definition) is 3. The Kier molecular flexibility index (Phi) is 8.74. The molecule has 3 nitrogen and oxygen atoms in total. The molecule has 0 heterocycles. The molecule has 26 heavy (non-hydrogen) atoms. The molecule has 0 saturated carbocycles. The summed E-state index contributed by atoms with van der Waals surface area (Å²) in [6.07, 6.45) is 7.55. The van der Waals surface area contributed by atoms with Gasteiger partial charge in [-0.2, -0.15) is 14.7 Å². The topological polar surface area (TPSA) is 60.7 Å². The molecule has 1 rings (SSSR count). The molecule has 0 saturated heterocycles. The zero-order chi connectivity index (χ0) is 20.0. The fraction of sp³-hybridized carbons (Fsp3) is 0.727. The van der Waals surface area contributed by atoms with Gasteiger partial charge in [-0.05, 0) is 53.2 Å². The molecule has 0 atom stereocenters. The van der Waals surface area contributed by atoms with Gasteiger partial charge in [0, 0.05) is 0 Å². The van der Waals surface area contributed by atoms with Crippen molar-refractivity contribution in [2.75, 3.05) is 6.16 Å². The predicted octanol–water partition coefficient (Wildman–Crippen LogP) is 5.90. The second-order valence-corrected chi connectivity index (χ2v) is 11.5. The van der Waals surface area contributed by atoms with Gasteiger partial charge in [0.1, 0.15) is 6.16 Å². The van der Waals surface area contributed by atoms with Crippen molar-refractivity contribution < 1.29 is 14.7 Å². The third-order valence-electron chi connectivity index (χ3n) is 4.94. The normalized spacial score (nSPS) is 13.3. The van der Waals surface area contributed by atoms with E-state index in [9.17, 15) is 0 Å². The van der Waals surface area contributed by atoms with Gasteiger partial charge in [0.05, 0.1) is 0 Å². The molecule has 0 aliphatic carbocycles. The van der Waals surface area contributed by atoms with Crippen molar-refractivity contribution in [2.45, 2.75) is 97.3 Å². The Morgan fingerprint density at radius 1 is 0.731 bits per heavy atom. The molecule has 0 aromatic heterocycles. The van der Waals surface area contributed by atoms with Crippen LogP contribution in [0.15, 0.2) is 18.2 Å². The Morgan fingerprint density at radius 2 is 1.27 bits per heavy atom. The summed E-state index contributed by atoms with van der Waals surface area (Å²) >= 11 is 0. The lowest BCUT2D eigenvalue weighted by Crippen LogP contribution is -2.18. The first kappa shape index (κ1) is 23.6. The first-order valence-corrected chi connectivity index (χ1v) is 11.8. The minimum Gasteiger partial charge on any atom is -0.193 e. The molecule has 3 N–H and O–H groups in total. The maximum absolute atomic E-state index is 8.97. The van der Waals surface area contributed by atoms with Gasteiger partial charge < -0.3 is 0 Å². The SMILES string of the molecule is CC(C)(C)c1ccc(CCCCCCCC[P+](O)(O)O)c(C(C)(C)C)c1. The highest BCUT2D eigenvalue weighted by molar-refractivity contribution is 7.58. The van der Waals surface area contributed by atoms with Gasteiger partial charge in [-0.25, -0.2) is 0 Å². The number of benzene rings is 1. The Labute approximate surface area is 161 Å². The van der Waals surface area contributed by atoms with Crippen LogP contribution >= 0.6 is 7.94 Å². The maximum atomic E-state index is 8.97. The van der Waals surface area contributed by atoms with Crippen molar-refractivity contribution in [2.24, 2.45) is 0 Å². The molecule has 4 heteroatoms. The number of aryl methyl sites for hydroxylation is 1. The zero-order valence-corrected chi connectivity index (χ0v) is 18.6. The summed E-state index contributed by atoms with van der Waals surface area (Å²) in [5.41, 5.74) is 4.68. The highest BCUT2D eigenvalue weighted by Crippen LogP contribution is 2.45. The summed E-state index contributed by atoms with van der Waals surface area (Å²) in [4.78, 5) is 26.9. The molecule has 0 radical (unpaired) electrons. The fourth-order valence-corrected chi connectivity index (χ4v) is 3.95. The van der Waals surface area contributed by atoms with E-state index in [1.54, 1.807) is 0 Å². The summed E-state index contributed by atoms with van der Waals surface area (Å²) in [6, 6.07) is 7.02. The number of rotatable bonds is 9. The summed E-state index contributed by atoms with van der Waals surface area (Å²) in [5, 5.41) is 0. The average Bonchev–Trinajstić information content (AvgIpc) is 2.46. The molecule has 1 aromatic carbocycles. The molecule has 0 spiro atoms. The van der Waals surface area contributed by atoms with Crippen molar-refractivity contribution in [1.29, 1.82) is 0 Å². The minimum atomic E-state index is -3.55. The van der Waals surface area contributed by atoms with Crippen LogP contribution in [0.25, 0.3) is 0 Å². The van der Waals surface area contributed by atoms with E-state index >= 15 is 0 Å². The minimum absolute atomic E-state index is 0.141. The van der Waals surface area contributed by atoms with Gasteiger partial charge in [-0.15, -0.1) is 0 Å². The Bertz CT molecular complexity index is 548. The molecule has 0 amide bonds. The lowest BCUT2D eigenvalue weighted by molar-refractivity contribution is 0.328. The molecule has 150 valence electrons. The van der Waals surface area contributed by atoms with E-state index in [1.807, 2.05) is 0 Å². The number of unbranched alkanes of at least 4 members (excludes halogenated alkanes) is 5. The molecule has 1 aromatic rings. The van der Waals surface area contributed by atoms with E-state index in [2.05, 4.69) is 59.7 Å². The third kappa shape index (κ3) is 8.95. The van der Waals surface area contributed by atoms with E-state index in [0.717, 1.165) is 19.3 Å². The van der Waals surface area contributed by atoms with Crippen LogP contribution in [-0.4, -0.2) is 20.8 Å². The lowest BCUT2D eigenvalue weighted by atomic mass is 9.77. The van der Waals surface area contributed by atoms with Gasteiger partial charge in [0.25, 0.3) is 0 Å². The molecule has 0 aliphatic heterocycles.